The molecule has 0 saturated carbocycles. The van der Waals surface area contributed by atoms with Gasteiger partial charge in [-0.3, -0.25) is 9.59 Å². The zero-order valence-corrected chi connectivity index (χ0v) is 11.6. The Hall–Kier alpha value is -3.29. The van der Waals surface area contributed by atoms with Crippen LogP contribution in [-0.2, 0) is 0 Å². The molecule has 0 bridgehead atoms. The first kappa shape index (κ1) is 14.6. The molecule has 0 atom stereocenters. The Labute approximate surface area is 128 Å². The zero-order chi connectivity index (χ0) is 16.7. The van der Waals surface area contributed by atoms with E-state index < -0.39 is 34.5 Å². The van der Waals surface area contributed by atoms with Crippen molar-refractivity contribution < 1.29 is 18.4 Å². The number of aromatic amines is 1. The predicted octanol–water partition coefficient (Wildman–Crippen LogP) is 1.75. The minimum atomic E-state index is -1.30. The van der Waals surface area contributed by atoms with Gasteiger partial charge in [0.05, 0.1) is 23.0 Å². The zero-order valence-electron chi connectivity index (χ0n) is 11.6. The lowest BCUT2D eigenvalue weighted by molar-refractivity contribution is 0.0996. The molecule has 2 heterocycles. The van der Waals surface area contributed by atoms with Crippen molar-refractivity contribution in [3.63, 3.8) is 0 Å². The molecule has 116 valence electrons. The fourth-order valence-electron chi connectivity index (χ4n) is 2.29. The molecule has 3 aromatic rings. The molecule has 0 unspecified atom stereocenters. The Morgan fingerprint density at radius 1 is 1.17 bits per heavy atom. The Balaban J connectivity index is 2.22. The molecular weight excluding hydrogens is 306 g/mol. The van der Waals surface area contributed by atoms with Gasteiger partial charge in [-0.15, -0.1) is 0 Å². The summed E-state index contributed by atoms with van der Waals surface area (Å²) in [6.45, 7) is 0. The van der Waals surface area contributed by atoms with Crippen molar-refractivity contribution in [2.24, 2.45) is 5.73 Å². The molecule has 0 aliphatic carbocycles. The summed E-state index contributed by atoms with van der Waals surface area (Å²) in [5.41, 5.74) is 9.83. The van der Waals surface area contributed by atoms with Gasteiger partial charge >= 0.3 is 0 Å². The van der Waals surface area contributed by atoms with E-state index in [9.17, 15) is 18.4 Å². The number of nitrogen functional groups attached to an aromatic ring is 1. The summed E-state index contributed by atoms with van der Waals surface area (Å²) in [7, 11) is 0. The van der Waals surface area contributed by atoms with Crippen LogP contribution in [0.2, 0.25) is 0 Å². The highest BCUT2D eigenvalue weighted by molar-refractivity contribution is 6.17. The van der Waals surface area contributed by atoms with E-state index >= 15 is 0 Å². The fraction of sp³-hybridized carbons (Fsp3) is 0. The number of nitrogens with two attached hydrogens (primary N) is 2. The number of ketones is 1. The molecule has 0 aliphatic rings. The fourth-order valence-corrected chi connectivity index (χ4v) is 2.29. The smallest absolute Gasteiger partial charge is 0.251 e. The minimum absolute atomic E-state index is 0.0146. The van der Waals surface area contributed by atoms with Crippen LogP contribution in [0.3, 0.4) is 0 Å². The Morgan fingerprint density at radius 3 is 2.61 bits per heavy atom. The average Bonchev–Trinajstić information content (AvgIpc) is 2.89. The lowest BCUT2D eigenvalue weighted by atomic mass is 9.99. The predicted molar refractivity (Wildman–Crippen MR) is 78.8 cm³/mol. The number of amides is 1. The highest BCUT2D eigenvalue weighted by atomic mass is 19.1. The lowest BCUT2D eigenvalue weighted by Crippen LogP contribution is -2.17. The maximum absolute atomic E-state index is 14.3. The summed E-state index contributed by atoms with van der Waals surface area (Å²) in [4.78, 5) is 30.4. The quantitative estimate of drug-likeness (QED) is 0.638. The molecule has 1 aromatic carbocycles. The highest BCUT2D eigenvalue weighted by Gasteiger charge is 2.25. The minimum Gasteiger partial charge on any atom is -0.397 e. The van der Waals surface area contributed by atoms with Crippen molar-refractivity contribution in [1.29, 1.82) is 0 Å². The van der Waals surface area contributed by atoms with Crippen LogP contribution in [0.25, 0.3) is 11.0 Å². The number of nitrogens with one attached hydrogen (secondary N) is 1. The SMILES string of the molecule is NC(=O)c1ccc(F)c(C(=O)c2c[nH]c3ncc(N)cc23)c1F. The van der Waals surface area contributed by atoms with Gasteiger partial charge in [-0.05, 0) is 18.2 Å². The second-order valence-electron chi connectivity index (χ2n) is 4.84. The van der Waals surface area contributed by atoms with Gasteiger partial charge in [-0.2, -0.15) is 0 Å². The second-order valence-corrected chi connectivity index (χ2v) is 4.84. The van der Waals surface area contributed by atoms with Crippen LogP contribution in [0.5, 0.6) is 0 Å². The number of H-pyrrole nitrogens is 1. The summed E-state index contributed by atoms with van der Waals surface area (Å²) in [6, 6.07) is 3.16. The van der Waals surface area contributed by atoms with E-state index in [-0.39, 0.29) is 11.3 Å². The molecule has 0 saturated heterocycles. The normalized spacial score (nSPS) is 10.9. The lowest BCUT2D eigenvalue weighted by Gasteiger charge is -2.06. The van der Waals surface area contributed by atoms with Gasteiger partial charge in [0.1, 0.15) is 17.3 Å². The third kappa shape index (κ3) is 2.30. The van der Waals surface area contributed by atoms with Crippen molar-refractivity contribution in [3.8, 4) is 0 Å². The number of anilines is 1. The molecule has 23 heavy (non-hydrogen) atoms. The number of halogens is 2. The summed E-state index contributed by atoms with van der Waals surface area (Å²) in [5.74, 6) is -4.43. The second kappa shape index (κ2) is 5.16. The van der Waals surface area contributed by atoms with E-state index in [1.54, 1.807) is 0 Å². The third-order valence-corrected chi connectivity index (χ3v) is 3.38. The maximum Gasteiger partial charge on any atom is 0.251 e. The topological polar surface area (TPSA) is 115 Å². The van der Waals surface area contributed by atoms with E-state index in [0.29, 0.717) is 11.0 Å². The van der Waals surface area contributed by atoms with Crippen LogP contribution in [-0.4, -0.2) is 21.7 Å². The molecule has 6 nitrogen and oxygen atoms in total. The van der Waals surface area contributed by atoms with Gasteiger partial charge in [0, 0.05) is 17.1 Å². The van der Waals surface area contributed by atoms with Crippen molar-refractivity contribution in [3.05, 3.63) is 58.9 Å². The average molecular weight is 316 g/mol. The van der Waals surface area contributed by atoms with Crippen molar-refractivity contribution in [1.82, 2.24) is 9.97 Å². The molecule has 0 radical (unpaired) electrons. The number of aromatic nitrogens is 2. The Kier molecular flexibility index (Phi) is 3.29. The third-order valence-electron chi connectivity index (χ3n) is 3.38. The summed E-state index contributed by atoms with van der Waals surface area (Å²) >= 11 is 0. The van der Waals surface area contributed by atoms with Crippen molar-refractivity contribution in [2.45, 2.75) is 0 Å². The number of hydrogen-bond acceptors (Lipinski definition) is 4. The summed E-state index contributed by atoms with van der Waals surface area (Å²) in [5, 5.41) is 0.318. The maximum atomic E-state index is 14.3. The van der Waals surface area contributed by atoms with Crippen LogP contribution in [0.1, 0.15) is 26.3 Å². The number of hydrogen-bond donors (Lipinski definition) is 3. The van der Waals surface area contributed by atoms with E-state index in [1.165, 1.54) is 18.5 Å². The number of nitrogens with zero attached hydrogens (tertiary/aromatic N) is 1. The van der Waals surface area contributed by atoms with Gasteiger partial charge < -0.3 is 16.5 Å². The van der Waals surface area contributed by atoms with Gasteiger partial charge in [0.15, 0.2) is 0 Å². The molecule has 2 aromatic heterocycles. The summed E-state index contributed by atoms with van der Waals surface area (Å²) < 4.78 is 28.2. The van der Waals surface area contributed by atoms with Crippen LogP contribution < -0.4 is 11.5 Å². The number of carbonyl (C=O) groups is 2. The molecule has 5 N–H and O–H groups in total. The Bertz CT molecular complexity index is 966. The first-order valence-corrected chi connectivity index (χ1v) is 6.45. The molecule has 3 rings (SSSR count). The van der Waals surface area contributed by atoms with Gasteiger partial charge in [-0.25, -0.2) is 13.8 Å². The molecule has 0 fully saturated rings. The van der Waals surface area contributed by atoms with Crippen molar-refractivity contribution in [2.75, 3.05) is 5.73 Å². The number of benzene rings is 1. The number of pyridine rings is 1. The summed E-state index contributed by atoms with van der Waals surface area (Å²) in [6.07, 6.45) is 2.65. The van der Waals surface area contributed by atoms with Gasteiger partial charge in [-0.1, -0.05) is 0 Å². The molecule has 1 amide bonds. The van der Waals surface area contributed by atoms with E-state index in [4.69, 9.17) is 11.5 Å². The van der Waals surface area contributed by atoms with E-state index in [1.807, 2.05) is 0 Å². The number of primary amides is 1. The number of rotatable bonds is 3. The molecule has 0 aliphatic heterocycles. The Morgan fingerprint density at radius 2 is 1.91 bits per heavy atom. The number of carbonyl (C=O) groups excluding carboxylic acids is 2. The standard InChI is InChI=1S/C15H10F2N4O2/c16-10-2-1-7(14(19)23)12(17)11(10)13(22)9-5-21-15-8(9)3-6(18)4-20-15/h1-5H,18H2,(H2,19,23)(H,20,21). The van der Waals surface area contributed by atoms with Gasteiger partial charge in [0.2, 0.25) is 5.78 Å². The molecule has 0 spiro atoms. The van der Waals surface area contributed by atoms with E-state index in [2.05, 4.69) is 9.97 Å². The highest BCUT2D eigenvalue weighted by Crippen LogP contribution is 2.25. The first-order valence-electron chi connectivity index (χ1n) is 6.45. The monoisotopic (exact) mass is 316 g/mol. The van der Waals surface area contributed by atoms with Crippen molar-refractivity contribution >= 4 is 28.4 Å². The van der Waals surface area contributed by atoms with E-state index in [0.717, 1.165) is 12.1 Å². The number of fused-ring (bicyclic) bond motifs is 1. The first-order chi connectivity index (χ1) is 10.9. The van der Waals surface area contributed by atoms with Crippen LogP contribution in [0, 0.1) is 11.6 Å². The molecular formula is C15H10F2N4O2. The largest absolute Gasteiger partial charge is 0.397 e. The van der Waals surface area contributed by atoms with Crippen LogP contribution >= 0.6 is 0 Å². The van der Waals surface area contributed by atoms with Crippen LogP contribution in [0.4, 0.5) is 14.5 Å². The van der Waals surface area contributed by atoms with Gasteiger partial charge in [0.25, 0.3) is 5.91 Å². The molecule has 8 heteroatoms. The van der Waals surface area contributed by atoms with Crippen LogP contribution in [0.15, 0.2) is 30.6 Å².